The number of rotatable bonds is 13. The summed E-state index contributed by atoms with van der Waals surface area (Å²) in [5, 5.41) is 3.35. The van der Waals surface area contributed by atoms with E-state index in [4.69, 9.17) is 9.47 Å². The van der Waals surface area contributed by atoms with Crippen molar-refractivity contribution >= 4 is 0 Å². The van der Waals surface area contributed by atoms with E-state index >= 15 is 0 Å². The van der Waals surface area contributed by atoms with Crippen LogP contribution in [-0.2, 0) is 9.47 Å². The molecule has 0 heterocycles. The van der Waals surface area contributed by atoms with Crippen LogP contribution in [0.15, 0.2) is 0 Å². The maximum Gasteiger partial charge on any atom is 0.0594 e. The zero-order valence-electron chi connectivity index (χ0n) is 12.0. The number of methoxy groups -OCH3 is 1. The van der Waals surface area contributed by atoms with Crippen LogP contribution in [0.1, 0.15) is 52.4 Å². The molecule has 0 rings (SSSR count). The monoisotopic (exact) mass is 245 g/mol. The Morgan fingerprint density at radius 2 is 1.82 bits per heavy atom. The van der Waals surface area contributed by atoms with E-state index in [-0.39, 0.29) is 0 Å². The van der Waals surface area contributed by atoms with Crippen LogP contribution in [0.25, 0.3) is 0 Å². The molecule has 1 unspecified atom stereocenters. The Bertz CT molecular complexity index is 142. The van der Waals surface area contributed by atoms with Gasteiger partial charge >= 0.3 is 0 Å². The second-order valence-electron chi connectivity index (χ2n) is 4.63. The van der Waals surface area contributed by atoms with Crippen molar-refractivity contribution in [3.8, 4) is 0 Å². The number of hydrogen-bond acceptors (Lipinski definition) is 3. The van der Waals surface area contributed by atoms with Gasteiger partial charge in [-0.25, -0.2) is 0 Å². The first-order valence-electron chi connectivity index (χ1n) is 7.12. The van der Waals surface area contributed by atoms with Crippen molar-refractivity contribution in [2.45, 2.75) is 58.5 Å². The van der Waals surface area contributed by atoms with Gasteiger partial charge in [0.15, 0.2) is 0 Å². The highest BCUT2D eigenvalue weighted by Gasteiger charge is 2.01. The highest BCUT2D eigenvalue weighted by atomic mass is 16.5. The van der Waals surface area contributed by atoms with Crippen molar-refractivity contribution in [1.29, 1.82) is 0 Å². The number of nitrogens with one attached hydrogen (secondary N) is 1. The molecule has 0 aromatic heterocycles. The molecular weight excluding hydrogens is 214 g/mol. The van der Waals surface area contributed by atoms with Crippen molar-refractivity contribution in [2.75, 3.05) is 33.4 Å². The summed E-state index contributed by atoms with van der Waals surface area (Å²) < 4.78 is 10.7. The van der Waals surface area contributed by atoms with E-state index in [0.717, 1.165) is 32.7 Å². The Balaban J connectivity index is 3.08. The predicted molar refractivity (Wildman–Crippen MR) is 73.5 cm³/mol. The molecule has 0 aliphatic heterocycles. The molecule has 3 nitrogen and oxygen atoms in total. The molecule has 104 valence electrons. The molecule has 0 fully saturated rings. The lowest BCUT2D eigenvalue weighted by Gasteiger charge is -2.13. The highest BCUT2D eigenvalue weighted by molar-refractivity contribution is 4.53. The van der Waals surface area contributed by atoms with Gasteiger partial charge in [-0.2, -0.15) is 0 Å². The average Bonchev–Trinajstić information content (AvgIpc) is 2.33. The summed E-state index contributed by atoms with van der Waals surface area (Å²) in [7, 11) is 1.74. The molecule has 0 aliphatic carbocycles. The van der Waals surface area contributed by atoms with Crippen molar-refractivity contribution in [3.05, 3.63) is 0 Å². The Morgan fingerprint density at radius 1 is 1.00 bits per heavy atom. The van der Waals surface area contributed by atoms with Gasteiger partial charge in [-0.3, -0.25) is 0 Å². The van der Waals surface area contributed by atoms with Crippen LogP contribution in [0.5, 0.6) is 0 Å². The minimum atomic E-state index is 0.410. The van der Waals surface area contributed by atoms with Crippen molar-refractivity contribution in [3.63, 3.8) is 0 Å². The molecule has 0 saturated carbocycles. The molecule has 0 bridgehead atoms. The van der Waals surface area contributed by atoms with E-state index in [1.54, 1.807) is 7.11 Å². The minimum Gasteiger partial charge on any atom is -0.385 e. The summed E-state index contributed by atoms with van der Waals surface area (Å²) in [4.78, 5) is 0. The molecule has 17 heavy (non-hydrogen) atoms. The summed E-state index contributed by atoms with van der Waals surface area (Å²) in [6.45, 7) is 8.04. The van der Waals surface area contributed by atoms with E-state index in [1.165, 1.54) is 32.1 Å². The molecule has 0 aromatic carbocycles. The largest absolute Gasteiger partial charge is 0.385 e. The zero-order valence-corrected chi connectivity index (χ0v) is 12.0. The minimum absolute atomic E-state index is 0.410. The van der Waals surface area contributed by atoms with Gasteiger partial charge in [0.05, 0.1) is 12.7 Å². The van der Waals surface area contributed by atoms with Crippen LogP contribution in [0.3, 0.4) is 0 Å². The first kappa shape index (κ1) is 16.9. The van der Waals surface area contributed by atoms with Crippen molar-refractivity contribution in [2.24, 2.45) is 0 Å². The van der Waals surface area contributed by atoms with Crippen LogP contribution in [0, 0.1) is 0 Å². The lowest BCUT2D eigenvalue weighted by Crippen LogP contribution is -2.23. The first-order chi connectivity index (χ1) is 8.31. The summed E-state index contributed by atoms with van der Waals surface area (Å²) in [6, 6.07) is 0. The van der Waals surface area contributed by atoms with Gasteiger partial charge in [0.1, 0.15) is 0 Å². The molecule has 1 atom stereocenters. The summed E-state index contributed by atoms with van der Waals surface area (Å²) in [5.41, 5.74) is 0. The molecule has 0 aliphatic rings. The van der Waals surface area contributed by atoms with E-state index < -0.39 is 0 Å². The number of unbranched alkanes of at least 4 members (excludes halogenated alkanes) is 3. The number of hydrogen-bond donors (Lipinski definition) is 1. The van der Waals surface area contributed by atoms with Gasteiger partial charge in [-0.05, 0) is 26.3 Å². The molecular formula is C14H31NO2. The molecule has 0 amide bonds. The maximum absolute atomic E-state index is 5.73. The van der Waals surface area contributed by atoms with Crippen LogP contribution >= 0.6 is 0 Å². The fraction of sp³-hybridized carbons (Fsp3) is 1.00. The zero-order chi connectivity index (χ0) is 12.8. The third kappa shape index (κ3) is 13.8. The first-order valence-corrected chi connectivity index (χ1v) is 7.12. The normalized spacial score (nSPS) is 12.9. The van der Waals surface area contributed by atoms with Gasteiger partial charge < -0.3 is 14.8 Å². The molecule has 0 saturated heterocycles. The van der Waals surface area contributed by atoms with Crippen LogP contribution in [0.2, 0.25) is 0 Å². The molecule has 0 aromatic rings. The van der Waals surface area contributed by atoms with Gasteiger partial charge in [0, 0.05) is 20.3 Å². The second kappa shape index (κ2) is 13.9. The SMILES string of the molecule is CCCCCCC(C)OCCNCCCOC. The van der Waals surface area contributed by atoms with Gasteiger partial charge in [-0.1, -0.05) is 32.6 Å². The predicted octanol–water partition coefficient (Wildman–Crippen LogP) is 2.99. The lowest BCUT2D eigenvalue weighted by molar-refractivity contribution is 0.0602. The van der Waals surface area contributed by atoms with Crippen molar-refractivity contribution in [1.82, 2.24) is 5.32 Å². The van der Waals surface area contributed by atoms with Gasteiger partial charge in [0.2, 0.25) is 0 Å². The smallest absolute Gasteiger partial charge is 0.0594 e. The molecule has 3 heteroatoms. The Kier molecular flexibility index (Phi) is 13.8. The Hall–Kier alpha value is -0.120. The standard InChI is InChI=1S/C14H31NO2/c1-4-5-6-7-9-14(2)17-13-11-15-10-8-12-16-3/h14-15H,4-13H2,1-3H3. The lowest BCUT2D eigenvalue weighted by atomic mass is 10.1. The molecule has 1 N–H and O–H groups in total. The van der Waals surface area contributed by atoms with E-state index in [0.29, 0.717) is 6.10 Å². The third-order valence-electron chi connectivity index (χ3n) is 2.85. The molecule has 0 spiro atoms. The Labute approximate surface area is 107 Å². The number of ether oxygens (including phenoxy) is 2. The van der Waals surface area contributed by atoms with Gasteiger partial charge in [-0.15, -0.1) is 0 Å². The van der Waals surface area contributed by atoms with E-state index in [2.05, 4.69) is 19.2 Å². The van der Waals surface area contributed by atoms with Crippen molar-refractivity contribution < 1.29 is 9.47 Å². The fourth-order valence-corrected chi connectivity index (χ4v) is 1.74. The third-order valence-corrected chi connectivity index (χ3v) is 2.85. The molecule has 0 radical (unpaired) electrons. The van der Waals surface area contributed by atoms with E-state index in [9.17, 15) is 0 Å². The van der Waals surface area contributed by atoms with E-state index in [1.807, 2.05) is 0 Å². The van der Waals surface area contributed by atoms with Crippen LogP contribution in [-0.4, -0.2) is 39.5 Å². The highest BCUT2D eigenvalue weighted by Crippen LogP contribution is 2.07. The maximum atomic E-state index is 5.73. The topological polar surface area (TPSA) is 30.5 Å². The van der Waals surface area contributed by atoms with Crippen LogP contribution < -0.4 is 5.32 Å². The second-order valence-corrected chi connectivity index (χ2v) is 4.63. The van der Waals surface area contributed by atoms with Crippen LogP contribution in [0.4, 0.5) is 0 Å². The van der Waals surface area contributed by atoms with Gasteiger partial charge in [0.25, 0.3) is 0 Å². The summed E-state index contributed by atoms with van der Waals surface area (Å²) >= 11 is 0. The summed E-state index contributed by atoms with van der Waals surface area (Å²) in [6.07, 6.45) is 7.99. The summed E-state index contributed by atoms with van der Waals surface area (Å²) in [5.74, 6) is 0. The quantitative estimate of drug-likeness (QED) is 0.506. The Morgan fingerprint density at radius 3 is 2.53 bits per heavy atom. The average molecular weight is 245 g/mol. The fourth-order valence-electron chi connectivity index (χ4n) is 1.74.